The Labute approximate surface area is 96.2 Å². The van der Waals surface area contributed by atoms with Crippen molar-refractivity contribution in [1.29, 1.82) is 0 Å². The smallest absolute Gasteiger partial charge is 0.153 e. The van der Waals surface area contributed by atoms with E-state index in [-0.39, 0.29) is 11.4 Å². The molecule has 2 rings (SSSR count). The number of oxime groups is 1. The van der Waals surface area contributed by atoms with E-state index in [0.717, 1.165) is 39.0 Å². The fourth-order valence-corrected chi connectivity index (χ4v) is 2.82. The van der Waals surface area contributed by atoms with Crippen LogP contribution in [0.1, 0.15) is 32.1 Å². The number of amidine groups is 1. The van der Waals surface area contributed by atoms with Gasteiger partial charge in [0.25, 0.3) is 0 Å². The molecule has 1 atom stereocenters. The van der Waals surface area contributed by atoms with Crippen molar-refractivity contribution in [3.63, 3.8) is 0 Å². The van der Waals surface area contributed by atoms with Gasteiger partial charge in [-0.3, -0.25) is 4.90 Å². The average Bonchev–Trinajstić information content (AvgIpc) is 2.30. The monoisotopic (exact) mass is 227 g/mol. The molecule has 16 heavy (non-hydrogen) atoms. The Hall–Kier alpha value is -0.810. The van der Waals surface area contributed by atoms with E-state index < -0.39 is 0 Å². The summed E-state index contributed by atoms with van der Waals surface area (Å²) < 4.78 is 5.97. The summed E-state index contributed by atoms with van der Waals surface area (Å²) in [5, 5.41) is 11.6. The van der Waals surface area contributed by atoms with Gasteiger partial charge in [-0.05, 0) is 38.6 Å². The first kappa shape index (κ1) is 11.7. The quantitative estimate of drug-likeness (QED) is 0.316. The number of hydrogen-bond acceptors (Lipinski definition) is 4. The average molecular weight is 227 g/mol. The predicted molar refractivity (Wildman–Crippen MR) is 61.6 cm³/mol. The van der Waals surface area contributed by atoms with E-state index in [0.29, 0.717) is 6.54 Å². The predicted octanol–water partition coefficient (Wildman–Crippen LogP) is 0.768. The van der Waals surface area contributed by atoms with Crippen molar-refractivity contribution >= 4 is 5.84 Å². The van der Waals surface area contributed by atoms with Gasteiger partial charge in [0.15, 0.2) is 5.84 Å². The second kappa shape index (κ2) is 5.01. The lowest BCUT2D eigenvalue weighted by Crippen LogP contribution is -2.53. The maximum absolute atomic E-state index is 8.57. The molecule has 2 aliphatic rings. The zero-order valence-corrected chi connectivity index (χ0v) is 9.69. The van der Waals surface area contributed by atoms with Crippen molar-refractivity contribution in [3.8, 4) is 0 Å². The van der Waals surface area contributed by atoms with Gasteiger partial charge in [-0.2, -0.15) is 0 Å². The van der Waals surface area contributed by atoms with Crippen LogP contribution in [0.15, 0.2) is 5.16 Å². The molecule has 5 nitrogen and oxygen atoms in total. The summed E-state index contributed by atoms with van der Waals surface area (Å²) in [7, 11) is 0. The number of likely N-dealkylation sites (tertiary alicyclic amines) is 1. The normalized spacial score (nSPS) is 33.1. The summed E-state index contributed by atoms with van der Waals surface area (Å²) in [5.41, 5.74) is 5.59. The minimum absolute atomic E-state index is 0.0479. The lowest BCUT2D eigenvalue weighted by Gasteiger charge is -2.44. The highest BCUT2D eigenvalue weighted by Crippen LogP contribution is 2.33. The maximum Gasteiger partial charge on any atom is 0.153 e. The highest BCUT2D eigenvalue weighted by Gasteiger charge is 2.37. The summed E-state index contributed by atoms with van der Waals surface area (Å²) >= 11 is 0. The van der Waals surface area contributed by atoms with Crippen molar-refractivity contribution in [1.82, 2.24) is 4.90 Å². The van der Waals surface area contributed by atoms with E-state index in [2.05, 4.69) is 10.1 Å². The van der Waals surface area contributed by atoms with Crippen LogP contribution in [0.2, 0.25) is 0 Å². The van der Waals surface area contributed by atoms with Gasteiger partial charge < -0.3 is 15.7 Å². The van der Waals surface area contributed by atoms with E-state index in [1.165, 1.54) is 12.8 Å². The second-order valence-electron chi connectivity index (χ2n) is 4.89. The first-order chi connectivity index (χ1) is 7.74. The fourth-order valence-electron chi connectivity index (χ4n) is 2.82. The van der Waals surface area contributed by atoms with Crippen LogP contribution in [0.5, 0.6) is 0 Å². The SMILES string of the molecule is N/C(CN1CCCC2(CCCCO2)C1)=N\O. The molecule has 3 N–H and O–H groups in total. The first-order valence-electron chi connectivity index (χ1n) is 6.07. The Kier molecular flexibility index (Phi) is 3.66. The molecule has 0 aromatic rings. The molecule has 0 aromatic carbocycles. The molecule has 1 unspecified atom stereocenters. The molecule has 0 aromatic heterocycles. The molecule has 0 amide bonds. The van der Waals surface area contributed by atoms with Gasteiger partial charge in [0.05, 0.1) is 12.1 Å². The fraction of sp³-hybridized carbons (Fsp3) is 0.909. The van der Waals surface area contributed by atoms with E-state index in [1.54, 1.807) is 0 Å². The molecule has 2 fully saturated rings. The van der Waals surface area contributed by atoms with E-state index in [4.69, 9.17) is 15.7 Å². The summed E-state index contributed by atoms with van der Waals surface area (Å²) in [5.74, 6) is 0.285. The molecular weight excluding hydrogens is 206 g/mol. The zero-order chi connectivity index (χ0) is 11.4. The lowest BCUT2D eigenvalue weighted by atomic mass is 9.86. The third kappa shape index (κ3) is 2.65. The van der Waals surface area contributed by atoms with Gasteiger partial charge in [-0.25, -0.2) is 0 Å². The Morgan fingerprint density at radius 3 is 2.88 bits per heavy atom. The Morgan fingerprint density at radius 1 is 1.38 bits per heavy atom. The Bertz CT molecular complexity index is 256. The molecule has 0 radical (unpaired) electrons. The molecule has 1 spiro atoms. The highest BCUT2D eigenvalue weighted by molar-refractivity contribution is 5.81. The van der Waals surface area contributed by atoms with Crippen LogP contribution in [0.3, 0.4) is 0 Å². The van der Waals surface area contributed by atoms with Crippen LogP contribution in [0.25, 0.3) is 0 Å². The Balaban J connectivity index is 1.92. The number of nitrogens with two attached hydrogens (primary N) is 1. The van der Waals surface area contributed by atoms with Gasteiger partial charge in [0.2, 0.25) is 0 Å². The number of hydrogen-bond donors (Lipinski definition) is 2. The van der Waals surface area contributed by atoms with Crippen LogP contribution in [-0.4, -0.2) is 47.8 Å². The summed E-state index contributed by atoms with van der Waals surface area (Å²) in [6.07, 6.45) is 5.89. The molecule has 5 heteroatoms. The molecular formula is C11H21N3O2. The van der Waals surface area contributed by atoms with Gasteiger partial charge in [-0.15, -0.1) is 0 Å². The van der Waals surface area contributed by atoms with Crippen molar-refractivity contribution in [2.75, 3.05) is 26.2 Å². The van der Waals surface area contributed by atoms with Crippen LogP contribution < -0.4 is 5.73 Å². The standard InChI is InChI=1S/C11H21N3O2/c12-10(13-15)8-14-6-3-5-11(9-14)4-1-2-7-16-11/h15H,1-9H2,(H2,12,13). The second-order valence-corrected chi connectivity index (χ2v) is 4.89. The lowest BCUT2D eigenvalue weighted by molar-refractivity contribution is -0.114. The summed E-state index contributed by atoms with van der Waals surface area (Å²) in [4.78, 5) is 2.23. The number of rotatable bonds is 2. The van der Waals surface area contributed by atoms with Crippen molar-refractivity contribution in [3.05, 3.63) is 0 Å². The van der Waals surface area contributed by atoms with Gasteiger partial charge in [0.1, 0.15) is 0 Å². The van der Waals surface area contributed by atoms with Gasteiger partial charge in [-0.1, -0.05) is 5.16 Å². The third-order valence-electron chi connectivity index (χ3n) is 3.57. The summed E-state index contributed by atoms with van der Waals surface area (Å²) in [6, 6.07) is 0. The van der Waals surface area contributed by atoms with Crippen molar-refractivity contribution in [2.45, 2.75) is 37.7 Å². The van der Waals surface area contributed by atoms with Gasteiger partial charge >= 0.3 is 0 Å². The Morgan fingerprint density at radius 2 is 2.19 bits per heavy atom. The largest absolute Gasteiger partial charge is 0.409 e. The number of piperidine rings is 1. The van der Waals surface area contributed by atoms with Crippen molar-refractivity contribution < 1.29 is 9.94 Å². The molecule has 92 valence electrons. The van der Waals surface area contributed by atoms with E-state index in [9.17, 15) is 0 Å². The minimum Gasteiger partial charge on any atom is -0.409 e. The van der Waals surface area contributed by atoms with Crippen molar-refractivity contribution in [2.24, 2.45) is 10.9 Å². The third-order valence-corrected chi connectivity index (χ3v) is 3.57. The summed E-state index contributed by atoms with van der Waals surface area (Å²) in [6.45, 7) is 3.36. The molecule has 0 aliphatic carbocycles. The molecule has 0 bridgehead atoms. The van der Waals surface area contributed by atoms with E-state index in [1.807, 2.05) is 0 Å². The number of ether oxygens (including phenoxy) is 1. The van der Waals surface area contributed by atoms with Crippen LogP contribution in [0.4, 0.5) is 0 Å². The number of nitrogens with zero attached hydrogens (tertiary/aromatic N) is 2. The van der Waals surface area contributed by atoms with Crippen LogP contribution in [-0.2, 0) is 4.74 Å². The zero-order valence-electron chi connectivity index (χ0n) is 9.69. The minimum atomic E-state index is 0.0479. The topological polar surface area (TPSA) is 71.1 Å². The molecule has 2 heterocycles. The van der Waals surface area contributed by atoms with Crippen LogP contribution in [0, 0.1) is 0 Å². The van der Waals surface area contributed by atoms with E-state index >= 15 is 0 Å². The molecule has 2 aliphatic heterocycles. The first-order valence-corrected chi connectivity index (χ1v) is 6.07. The highest BCUT2D eigenvalue weighted by atomic mass is 16.5. The molecule has 0 saturated carbocycles. The maximum atomic E-state index is 8.57. The van der Waals surface area contributed by atoms with Gasteiger partial charge in [0, 0.05) is 13.2 Å². The molecule has 2 saturated heterocycles. The van der Waals surface area contributed by atoms with Crippen LogP contribution >= 0.6 is 0 Å².